The first-order valence-electron chi connectivity index (χ1n) is 6.79. The van der Waals surface area contributed by atoms with Gasteiger partial charge in [0.05, 0.1) is 0 Å². The smallest absolute Gasteiger partial charge is 0.0453 e. The zero-order valence-corrected chi connectivity index (χ0v) is 11.8. The first kappa shape index (κ1) is 12.7. The Bertz CT molecular complexity index is 579. The van der Waals surface area contributed by atoms with Gasteiger partial charge in [-0.2, -0.15) is 0 Å². The van der Waals surface area contributed by atoms with Gasteiger partial charge in [-0.05, 0) is 48.6 Å². The lowest BCUT2D eigenvalue weighted by Crippen LogP contribution is -2.25. The fourth-order valence-corrected chi connectivity index (χ4v) is 3.28. The zero-order chi connectivity index (χ0) is 13.2. The van der Waals surface area contributed by atoms with E-state index >= 15 is 0 Å². The summed E-state index contributed by atoms with van der Waals surface area (Å²) in [6.45, 7) is 0. The van der Waals surface area contributed by atoms with Crippen LogP contribution in [0.25, 0.3) is 0 Å². The molecule has 0 fully saturated rings. The molecule has 0 spiro atoms. The SMILES string of the molecule is CNC(CC1Cc2ccccc21)c1ccccc1Cl. The molecule has 2 unspecified atom stereocenters. The summed E-state index contributed by atoms with van der Waals surface area (Å²) in [5, 5.41) is 4.26. The first-order chi connectivity index (χ1) is 9.29. The standard InChI is InChI=1S/C17H18ClN/c1-19-17(15-8-4-5-9-16(15)18)11-13-10-12-6-2-3-7-14(12)13/h2-9,13,17,19H,10-11H2,1H3. The van der Waals surface area contributed by atoms with E-state index in [0.29, 0.717) is 12.0 Å². The Morgan fingerprint density at radius 2 is 1.89 bits per heavy atom. The van der Waals surface area contributed by atoms with Gasteiger partial charge < -0.3 is 5.32 Å². The van der Waals surface area contributed by atoms with E-state index in [-0.39, 0.29) is 0 Å². The molecule has 1 aliphatic rings. The highest BCUT2D eigenvalue weighted by Gasteiger charge is 2.28. The number of benzene rings is 2. The number of fused-ring (bicyclic) bond motifs is 1. The molecule has 0 aliphatic heterocycles. The van der Waals surface area contributed by atoms with E-state index in [1.807, 2.05) is 19.2 Å². The Labute approximate surface area is 119 Å². The van der Waals surface area contributed by atoms with Gasteiger partial charge in [0, 0.05) is 11.1 Å². The predicted octanol–water partition coefficient (Wildman–Crippen LogP) is 4.33. The highest BCUT2D eigenvalue weighted by Crippen LogP contribution is 2.41. The Morgan fingerprint density at radius 1 is 1.16 bits per heavy atom. The summed E-state index contributed by atoms with van der Waals surface area (Å²) in [6.07, 6.45) is 2.30. The highest BCUT2D eigenvalue weighted by atomic mass is 35.5. The van der Waals surface area contributed by atoms with Crippen LogP contribution in [0, 0.1) is 0 Å². The molecule has 0 amide bonds. The van der Waals surface area contributed by atoms with Crippen LogP contribution in [0.2, 0.25) is 5.02 Å². The zero-order valence-electron chi connectivity index (χ0n) is 11.1. The van der Waals surface area contributed by atoms with Gasteiger partial charge in [-0.3, -0.25) is 0 Å². The van der Waals surface area contributed by atoms with Crippen molar-refractivity contribution in [3.05, 3.63) is 70.2 Å². The molecule has 0 heterocycles. The van der Waals surface area contributed by atoms with Crippen molar-refractivity contribution in [2.75, 3.05) is 7.05 Å². The van der Waals surface area contributed by atoms with Crippen LogP contribution in [0.5, 0.6) is 0 Å². The molecule has 19 heavy (non-hydrogen) atoms. The molecular weight excluding hydrogens is 254 g/mol. The van der Waals surface area contributed by atoms with Gasteiger partial charge in [0.15, 0.2) is 0 Å². The van der Waals surface area contributed by atoms with Crippen LogP contribution in [-0.4, -0.2) is 7.05 Å². The van der Waals surface area contributed by atoms with E-state index in [1.54, 1.807) is 0 Å². The Kier molecular flexibility index (Phi) is 3.58. The molecule has 0 saturated carbocycles. The first-order valence-corrected chi connectivity index (χ1v) is 7.17. The van der Waals surface area contributed by atoms with E-state index < -0.39 is 0 Å². The lowest BCUT2D eigenvalue weighted by Gasteiger charge is -2.33. The van der Waals surface area contributed by atoms with Crippen LogP contribution in [0.1, 0.15) is 35.1 Å². The number of hydrogen-bond donors (Lipinski definition) is 1. The topological polar surface area (TPSA) is 12.0 Å². The molecule has 2 aromatic rings. The van der Waals surface area contributed by atoms with Crippen LogP contribution in [0.15, 0.2) is 48.5 Å². The number of hydrogen-bond acceptors (Lipinski definition) is 1. The van der Waals surface area contributed by atoms with E-state index in [4.69, 9.17) is 11.6 Å². The van der Waals surface area contributed by atoms with Crippen LogP contribution in [0.3, 0.4) is 0 Å². The second kappa shape index (κ2) is 5.36. The van der Waals surface area contributed by atoms with Gasteiger partial charge in [-0.15, -0.1) is 0 Å². The van der Waals surface area contributed by atoms with E-state index in [9.17, 15) is 0 Å². The lowest BCUT2D eigenvalue weighted by molar-refractivity contribution is 0.452. The van der Waals surface area contributed by atoms with Gasteiger partial charge in [0.2, 0.25) is 0 Å². The normalized spacial score (nSPS) is 18.5. The van der Waals surface area contributed by atoms with Gasteiger partial charge in [-0.25, -0.2) is 0 Å². The average molecular weight is 272 g/mol. The number of rotatable bonds is 4. The van der Waals surface area contributed by atoms with Crippen molar-refractivity contribution in [2.24, 2.45) is 0 Å². The second-order valence-electron chi connectivity index (χ2n) is 5.20. The molecule has 0 saturated heterocycles. The Balaban J connectivity index is 1.78. The Morgan fingerprint density at radius 3 is 2.63 bits per heavy atom. The van der Waals surface area contributed by atoms with Crippen molar-refractivity contribution in [3.8, 4) is 0 Å². The molecule has 2 heteroatoms. The van der Waals surface area contributed by atoms with Gasteiger partial charge in [-0.1, -0.05) is 54.1 Å². The van der Waals surface area contributed by atoms with Crippen molar-refractivity contribution in [3.63, 3.8) is 0 Å². The van der Waals surface area contributed by atoms with Crippen molar-refractivity contribution < 1.29 is 0 Å². The maximum atomic E-state index is 6.30. The molecule has 2 atom stereocenters. The highest BCUT2D eigenvalue weighted by molar-refractivity contribution is 6.31. The minimum Gasteiger partial charge on any atom is -0.313 e. The minimum absolute atomic E-state index is 0.326. The third-order valence-electron chi connectivity index (χ3n) is 4.11. The molecule has 98 valence electrons. The van der Waals surface area contributed by atoms with E-state index in [0.717, 1.165) is 11.4 Å². The molecule has 0 aromatic heterocycles. The number of nitrogens with one attached hydrogen (secondary N) is 1. The summed E-state index contributed by atoms with van der Waals surface area (Å²) < 4.78 is 0. The van der Waals surface area contributed by atoms with Crippen molar-refractivity contribution >= 4 is 11.6 Å². The van der Waals surface area contributed by atoms with Crippen LogP contribution in [-0.2, 0) is 6.42 Å². The summed E-state index contributed by atoms with van der Waals surface area (Å²) in [4.78, 5) is 0. The molecule has 3 rings (SSSR count). The third kappa shape index (κ3) is 2.41. The van der Waals surface area contributed by atoms with Crippen LogP contribution in [0.4, 0.5) is 0 Å². The molecular formula is C17H18ClN. The van der Waals surface area contributed by atoms with Gasteiger partial charge in [0.25, 0.3) is 0 Å². The van der Waals surface area contributed by atoms with Crippen molar-refractivity contribution in [1.29, 1.82) is 0 Å². The summed E-state index contributed by atoms with van der Waals surface area (Å²) in [7, 11) is 2.01. The monoisotopic (exact) mass is 271 g/mol. The third-order valence-corrected chi connectivity index (χ3v) is 4.45. The van der Waals surface area contributed by atoms with Crippen molar-refractivity contribution in [2.45, 2.75) is 24.8 Å². The molecule has 1 nitrogen and oxygen atoms in total. The average Bonchev–Trinajstić information content (AvgIpc) is 2.42. The molecule has 0 radical (unpaired) electrons. The maximum absolute atomic E-state index is 6.30. The quantitative estimate of drug-likeness (QED) is 0.873. The van der Waals surface area contributed by atoms with Crippen molar-refractivity contribution in [1.82, 2.24) is 5.32 Å². The fourth-order valence-electron chi connectivity index (χ4n) is 3.02. The summed E-state index contributed by atoms with van der Waals surface area (Å²) in [5.41, 5.74) is 4.22. The summed E-state index contributed by atoms with van der Waals surface area (Å²) >= 11 is 6.30. The lowest BCUT2D eigenvalue weighted by atomic mass is 9.74. The molecule has 1 N–H and O–H groups in total. The largest absolute Gasteiger partial charge is 0.313 e. The van der Waals surface area contributed by atoms with E-state index in [1.165, 1.54) is 23.1 Å². The predicted molar refractivity (Wildman–Crippen MR) is 80.8 cm³/mol. The second-order valence-corrected chi connectivity index (χ2v) is 5.61. The molecule has 1 aliphatic carbocycles. The van der Waals surface area contributed by atoms with Gasteiger partial charge >= 0.3 is 0 Å². The Hall–Kier alpha value is -1.31. The van der Waals surface area contributed by atoms with Crippen LogP contribution >= 0.6 is 11.6 Å². The fraction of sp³-hybridized carbons (Fsp3) is 0.294. The van der Waals surface area contributed by atoms with E-state index in [2.05, 4.69) is 41.7 Å². The summed E-state index contributed by atoms with van der Waals surface area (Å²) in [5.74, 6) is 0.657. The summed E-state index contributed by atoms with van der Waals surface area (Å²) in [6, 6.07) is 17.2. The minimum atomic E-state index is 0.326. The van der Waals surface area contributed by atoms with Gasteiger partial charge in [0.1, 0.15) is 0 Å². The molecule has 0 bridgehead atoms. The van der Waals surface area contributed by atoms with Crippen LogP contribution < -0.4 is 5.32 Å². The number of halogens is 1. The molecule has 2 aromatic carbocycles. The maximum Gasteiger partial charge on any atom is 0.0453 e.